The first-order valence-electron chi connectivity index (χ1n) is 7.23. The summed E-state index contributed by atoms with van der Waals surface area (Å²) in [7, 11) is 1.63. The summed E-state index contributed by atoms with van der Waals surface area (Å²) in [6.07, 6.45) is 2.58. The fourth-order valence-electron chi connectivity index (χ4n) is 3.44. The summed E-state index contributed by atoms with van der Waals surface area (Å²) >= 11 is 0. The molecule has 0 aromatic heterocycles. The molecule has 1 N–H and O–H groups in total. The van der Waals surface area contributed by atoms with Crippen molar-refractivity contribution in [3.63, 3.8) is 0 Å². The molecule has 20 heavy (non-hydrogen) atoms. The van der Waals surface area contributed by atoms with Crippen LogP contribution < -0.4 is 4.74 Å². The monoisotopic (exact) mass is 275 g/mol. The van der Waals surface area contributed by atoms with Crippen molar-refractivity contribution in [2.24, 2.45) is 0 Å². The molecule has 2 heterocycles. The van der Waals surface area contributed by atoms with E-state index >= 15 is 0 Å². The third-order valence-electron chi connectivity index (χ3n) is 4.65. The molecular weight excluding hydrogens is 254 g/mol. The van der Waals surface area contributed by atoms with E-state index in [-0.39, 0.29) is 6.04 Å². The minimum Gasteiger partial charge on any atom is -0.497 e. The largest absolute Gasteiger partial charge is 0.497 e. The van der Waals surface area contributed by atoms with E-state index in [1.54, 1.807) is 7.11 Å². The highest BCUT2D eigenvalue weighted by molar-refractivity contribution is 5.80. The molecule has 2 atom stereocenters. The van der Waals surface area contributed by atoms with E-state index < -0.39 is 5.60 Å². The summed E-state index contributed by atoms with van der Waals surface area (Å²) < 4.78 is 5.24. The summed E-state index contributed by atoms with van der Waals surface area (Å²) in [4.78, 5) is 14.0. The zero-order valence-electron chi connectivity index (χ0n) is 11.8. The number of ketones is 1. The van der Waals surface area contributed by atoms with Crippen LogP contribution in [0.4, 0.5) is 0 Å². The number of hydrogen-bond donors (Lipinski definition) is 1. The molecule has 0 bridgehead atoms. The Balaban J connectivity index is 1.83. The van der Waals surface area contributed by atoms with Crippen molar-refractivity contribution in [2.45, 2.75) is 37.3 Å². The molecule has 1 aromatic carbocycles. The first kappa shape index (κ1) is 13.6. The smallest absolute Gasteiger partial charge is 0.135 e. The van der Waals surface area contributed by atoms with Crippen molar-refractivity contribution in [2.75, 3.05) is 20.2 Å². The zero-order chi connectivity index (χ0) is 14.2. The quantitative estimate of drug-likeness (QED) is 0.892. The van der Waals surface area contributed by atoms with Crippen molar-refractivity contribution >= 4 is 5.78 Å². The number of carbonyl (C=O) groups excluding carboxylic acids is 1. The number of nitrogens with zero attached hydrogens (tertiary/aromatic N) is 1. The van der Waals surface area contributed by atoms with Gasteiger partial charge in [0.2, 0.25) is 0 Å². The molecule has 4 heteroatoms. The van der Waals surface area contributed by atoms with Crippen LogP contribution in [0, 0.1) is 0 Å². The molecule has 2 aliphatic rings. The highest BCUT2D eigenvalue weighted by Gasteiger charge is 2.41. The number of rotatable bonds is 2. The number of benzene rings is 1. The maximum atomic E-state index is 11.6. The lowest BCUT2D eigenvalue weighted by Crippen LogP contribution is -2.52. The maximum absolute atomic E-state index is 11.6. The van der Waals surface area contributed by atoms with Crippen molar-refractivity contribution in [3.8, 4) is 5.75 Å². The van der Waals surface area contributed by atoms with Gasteiger partial charge in [0.25, 0.3) is 0 Å². The van der Waals surface area contributed by atoms with Gasteiger partial charge in [0.05, 0.1) is 12.7 Å². The van der Waals surface area contributed by atoms with Crippen LogP contribution in [0.1, 0.15) is 31.2 Å². The van der Waals surface area contributed by atoms with Crippen LogP contribution in [0.2, 0.25) is 0 Å². The molecule has 0 aliphatic carbocycles. The zero-order valence-corrected chi connectivity index (χ0v) is 11.8. The first-order valence-corrected chi connectivity index (χ1v) is 7.23. The van der Waals surface area contributed by atoms with Gasteiger partial charge in [0.15, 0.2) is 0 Å². The number of methoxy groups -OCH3 is 1. The second kappa shape index (κ2) is 5.19. The van der Waals surface area contributed by atoms with E-state index in [0.29, 0.717) is 31.5 Å². The summed E-state index contributed by atoms with van der Waals surface area (Å²) in [5, 5.41) is 11.0. The Hall–Kier alpha value is -1.39. The number of aliphatic hydroxyl groups is 1. The Labute approximate surface area is 119 Å². The third kappa shape index (κ3) is 2.45. The lowest BCUT2D eigenvalue weighted by molar-refractivity contribution is -0.127. The van der Waals surface area contributed by atoms with Crippen molar-refractivity contribution in [3.05, 3.63) is 29.8 Å². The summed E-state index contributed by atoms with van der Waals surface area (Å²) in [5.41, 5.74) is 0.0578. The van der Waals surface area contributed by atoms with Gasteiger partial charge in [-0.1, -0.05) is 12.1 Å². The maximum Gasteiger partial charge on any atom is 0.135 e. The van der Waals surface area contributed by atoms with Gasteiger partial charge in [-0.15, -0.1) is 0 Å². The van der Waals surface area contributed by atoms with Crippen LogP contribution in [0.3, 0.4) is 0 Å². The normalized spacial score (nSPS) is 30.9. The molecular formula is C16H21NO3. The van der Waals surface area contributed by atoms with E-state index in [1.807, 2.05) is 24.3 Å². The van der Waals surface area contributed by atoms with Crippen LogP contribution in [0.5, 0.6) is 5.75 Å². The Morgan fingerprint density at radius 1 is 1.40 bits per heavy atom. The summed E-state index contributed by atoms with van der Waals surface area (Å²) in [5.74, 6) is 1.08. The molecule has 2 fully saturated rings. The second-order valence-corrected chi connectivity index (χ2v) is 5.90. The highest BCUT2D eigenvalue weighted by atomic mass is 16.5. The Morgan fingerprint density at radius 2 is 2.25 bits per heavy atom. The number of hydrogen-bond acceptors (Lipinski definition) is 4. The van der Waals surface area contributed by atoms with Crippen LogP contribution in [-0.4, -0.2) is 42.0 Å². The van der Waals surface area contributed by atoms with Gasteiger partial charge < -0.3 is 9.84 Å². The molecule has 108 valence electrons. The summed E-state index contributed by atoms with van der Waals surface area (Å²) in [6.45, 7) is 1.70. The lowest BCUT2D eigenvalue weighted by Gasteiger charge is -2.46. The lowest BCUT2D eigenvalue weighted by atomic mass is 9.78. The van der Waals surface area contributed by atoms with Crippen LogP contribution in [0.15, 0.2) is 24.3 Å². The van der Waals surface area contributed by atoms with Gasteiger partial charge >= 0.3 is 0 Å². The van der Waals surface area contributed by atoms with Crippen molar-refractivity contribution < 1.29 is 14.6 Å². The first-order chi connectivity index (χ1) is 9.60. The molecule has 0 radical (unpaired) electrons. The molecule has 0 amide bonds. The van der Waals surface area contributed by atoms with E-state index in [9.17, 15) is 9.90 Å². The predicted molar refractivity (Wildman–Crippen MR) is 75.7 cm³/mol. The van der Waals surface area contributed by atoms with E-state index in [2.05, 4.69) is 4.90 Å². The van der Waals surface area contributed by atoms with Gasteiger partial charge in [-0.25, -0.2) is 0 Å². The molecule has 0 spiro atoms. The second-order valence-electron chi connectivity index (χ2n) is 5.90. The predicted octanol–water partition coefficient (Wildman–Crippen LogP) is 1.71. The van der Waals surface area contributed by atoms with E-state index in [0.717, 1.165) is 24.4 Å². The van der Waals surface area contributed by atoms with Crippen molar-refractivity contribution in [1.82, 2.24) is 4.90 Å². The molecule has 2 saturated heterocycles. The fraction of sp³-hybridized carbons (Fsp3) is 0.562. The Morgan fingerprint density at radius 3 is 3.05 bits per heavy atom. The minimum atomic E-state index is -0.840. The topological polar surface area (TPSA) is 49.8 Å². The van der Waals surface area contributed by atoms with Crippen LogP contribution >= 0.6 is 0 Å². The molecule has 2 aliphatic heterocycles. The van der Waals surface area contributed by atoms with Gasteiger partial charge in [-0.05, 0) is 30.5 Å². The number of ether oxygens (including phenoxy) is 1. The average Bonchev–Trinajstić information content (AvgIpc) is 2.47. The Kier molecular flexibility index (Phi) is 3.52. The van der Waals surface area contributed by atoms with Gasteiger partial charge in [-0.3, -0.25) is 9.69 Å². The summed E-state index contributed by atoms with van der Waals surface area (Å²) in [6, 6.07) is 7.82. The number of fused-ring (bicyclic) bond motifs is 1. The van der Waals surface area contributed by atoms with Gasteiger partial charge in [0.1, 0.15) is 11.5 Å². The molecule has 0 saturated carbocycles. The van der Waals surface area contributed by atoms with Gasteiger partial charge in [-0.2, -0.15) is 0 Å². The standard InChI is InChI=1S/C16H21NO3/c1-20-15-4-2-3-12(9-15)16(19)6-8-17-7-5-14(18)10-13(17)11-16/h2-4,9,13,19H,5-8,10-11H2,1H3. The molecule has 1 aromatic rings. The third-order valence-corrected chi connectivity index (χ3v) is 4.65. The molecule has 2 unspecified atom stereocenters. The van der Waals surface area contributed by atoms with E-state index in [4.69, 9.17) is 4.74 Å². The fourth-order valence-corrected chi connectivity index (χ4v) is 3.44. The van der Waals surface area contributed by atoms with Crippen molar-refractivity contribution in [1.29, 1.82) is 0 Å². The molecule has 3 rings (SSSR count). The number of carbonyl (C=O) groups is 1. The molecule has 4 nitrogen and oxygen atoms in total. The Bertz CT molecular complexity index is 516. The number of Topliss-reactive ketones (excluding diaryl/α,β-unsaturated/α-hetero) is 1. The minimum absolute atomic E-state index is 0.182. The highest BCUT2D eigenvalue weighted by Crippen LogP contribution is 2.39. The van der Waals surface area contributed by atoms with E-state index in [1.165, 1.54) is 0 Å². The van der Waals surface area contributed by atoms with Crippen LogP contribution in [-0.2, 0) is 10.4 Å². The van der Waals surface area contributed by atoms with Crippen LogP contribution in [0.25, 0.3) is 0 Å². The average molecular weight is 275 g/mol. The number of piperidine rings is 2. The van der Waals surface area contributed by atoms with Gasteiger partial charge in [0, 0.05) is 32.0 Å². The SMILES string of the molecule is COc1cccc(C2(O)CCN3CCC(=O)CC3C2)c1.